The van der Waals surface area contributed by atoms with Crippen LogP contribution in [-0.2, 0) is 4.79 Å². The van der Waals surface area contributed by atoms with Gasteiger partial charge in [-0.1, -0.05) is 12.1 Å². The van der Waals surface area contributed by atoms with Crippen LogP contribution in [0.25, 0.3) is 0 Å². The van der Waals surface area contributed by atoms with Gasteiger partial charge in [-0.05, 0) is 44.0 Å². The number of para-hydroxylation sites is 2. The average Bonchev–Trinajstić information content (AvgIpc) is 2.83. The quantitative estimate of drug-likeness (QED) is 0.390. The van der Waals surface area contributed by atoms with Crippen LogP contribution < -0.4 is 9.80 Å². The van der Waals surface area contributed by atoms with E-state index in [4.69, 9.17) is 0 Å². The molecule has 2 aliphatic heterocycles. The zero-order valence-corrected chi connectivity index (χ0v) is 18.6. The van der Waals surface area contributed by atoms with Gasteiger partial charge in [-0.25, -0.2) is 4.39 Å². The predicted octanol–water partition coefficient (Wildman–Crippen LogP) is 3.50. The Labute approximate surface area is 191 Å². The fourth-order valence-corrected chi connectivity index (χ4v) is 4.66. The number of carbonyl (C=O) groups is 2. The van der Waals surface area contributed by atoms with Crippen molar-refractivity contribution in [1.82, 2.24) is 4.90 Å². The molecule has 4 rings (SSSR count). The molecule has 0 aliphatic carbocycles. The molecule has 0 unspecified atom stereocenters. The Morgan fingerprint density at radius 2 is 1.58 bits per heavy atom. The van der Waals surface area contributed by atoms with Crippen LogP contribution in [-0.4, -0.2) is 60.8 Å². The molecule has 0 N–H and O–H groups in total. The molecule has 2 heterocycles. The summed E-state index contributed by atoms with van der Waals surface area (Å²) in [6, 6.07) is 11.2. The van der Waals surface area contributed by atoms with Gasteiger partial charge in [0.05, 0.1) is 10.6 Å². The molecule has 0 atom stereocenters. The molecule has 1 amide bonds. The van der Waals surface area contributed by atoms with E-state index >= 15 is 0 Å². The molecular formula is C24H27FN4O4. The molecule has 33 heavy (non-hydrogen) atoms. The third-order valence-electron chi connectivity index (χ3n) is 6.55. The summed E-state index contributed by atoms with van der Waals surface area (Å²) >= 11 is 0. The summed E-state index contributed by atoms with van der Waals surface area (Å²) in [4.78, 5) is 41.2. The average molecular weight is 455 g/mol. The monoisotopic (exact) mass is 454 g/mol. The lowest BCUT2D eigenvalue weighted by atomic mass is 9.94. The molecule has 2 saturated heterocycles. The van der Waals surface area contributed by atoms with Crippen molar-refractivity contribution in [3.63, 3.8) is 0 Å². The second-order valence-electron chi connectivity index (χ2n) is 8.54. The van der Waals surface area contributed by atoms with Crippen LogP contribution in [0.3, 0.4) is 0 Å². The van der Waals surface area contributed by atoms with Crippen molar-refractivity contribution in [1.29, 1.82) is 0 Å². The van der Waals surface area contributed by atoms with Crippen LogP contribution in [0.1, 0.15) is 30.1 Å². The minimum atomic E-state index is -0.426. The smallest absolute Gasteiger partial charge is 0.292 e. The molecule has 0 radical (unpaired) electrons. The number of benzene rings is 2. The van der Waals surface area contributed by atoms with Crippen LogP contribution in [0, 0.1) is 21.8 Å². The number of rotatable bonds is 5. The number of piperidine rings is 1. The van der Waals surface area contributed by atoms with E-state index in [1.165, 1.54) is 19.1 Å². The summed E-state index contributed by atoms with van der Waals surface area (Å²) in [5.74, 6) is -0.611. The Bertz CT molecular complexity index is 1060. The zero-order chi connectivity index (χ0) is 23.5. The van der Waals surface area contributed by atoms with Crippen molar-refractivity contribution in [2.45, 2.75) is 19.8 Å². The molecule has 0 aromatic heterocycles. The van der Waals surface area contributed by atoms with Gasteiger partial charge in [-0.3, -0.25) is 19.7 Å². The van der Waals surface area contributed by atoms with E-state index in [1.807, 2.05) is 14.7 Å². The first kappa shape index (κ1) is 22.7. The standard InChI is InChI=1S/C24H27FN4O4/c1-17(30)19-6-7-21(20(25)16-19)27-12-14-28(15-13-27)24(31)18-8-10-26(11-9-18)22-4-2-3-5-23(22)29(32)33/h2-7,16,18H,8-15H2,1H3. The van der Waals surface area contributed by atoms with E-state index in [-0.39, 0.29) is 28.2 Å². The molecule has 9 heteroatoms. The maximum Gasteiger partial charge on any atom is 0.292 e. The lowest BCUT2D eigenvalue weighted by molar-refractivity contribution is -0.384. The van der Waals surface area contributed by atoms with Gasteiger partial charge in [0.15, 0.2) is 5.78 Å². The summed E-state index contributed by atoms with van der Waals surface area (Å²) < 4.78 is 14.5. The minimum Gasteiger partial charge on any atom is -0.366 e. The third-order valence-corrected chi connectivity index (χ3v) is 6.55. The highest BCUT2D eigenvalue weighted by atomic mass is 19.1. The Balaban J connectivity index is 1.32. The van der Waals surface area contributed by atoms with Gasteiger partial charge in [0, 0.05) is 56.8 Å². The summed E-state index contributed by atoms with van der Waals surface area (Å²) in [6.45, 7) is 4.66. The SMILES string of the molecule is CC(=O)c1ccc(N2CCN(C(=O)C3CCN(c4ccccc4[N+](=O)[O-])CC3)CC2)c(F)c1. The fourth-order valence-electron chi connectivity index (χ4n) is 4.66. The molecule has 2 aromatic carbocycles. The molecular weight excluding hydrogens is 427 g/mol. The van der Waals surface area contributed by atoms with Crippen LogP contribution in [0.2, 0.25) is 0 Å². The van der Waals surface area contributed by atoms with Crippen molar-refractivity contribution >= 4 is 28.8 Å². The summed E-state index contributed by atoms with van der Waals surface area (Å²) in [5, 5.41) is 11.3. The first-order valence-electron chi connectivity index (χ1n) is 11.2. The lowest BCUT2D eigenvalue weighted by Gasteiger charge is -2.39. The van der Waals surface area contributed by atoms with E-state index in [2.05, 4.69) is 0 Å². The molecule has 2 fully saturated rings. The number of Topliss-reactive ketones (excluding diaryl/α,β-unsaturated/α-hetero) is 1. The molecule has 2 aliphatic rings. The van der Waals surface area contributed by atoms with E-state index in [1.54, 1.807) is 30.3 Å². The van der Waals surface area contributed by atoms with Crippen molar-refractivity contribution in [3.05, 3.63) is 64.0 Å². The highest BCUT2D eigenvalue weighted by Gasteiger charge is 2.32. The lowest BCUT2D eigenvalue weighted by Crippen LogP contribution is -2.52. The van der Waals surface area contributed by atoms with E-state index in [0.29, 0.717) is 69.0 Å². The van der Waals surface area contributed by atoms with Crippen molar-refractivity contribution in [2.24, 2.45) is 5.92 Å². The molecule has 0 bridgehead atoms. The number of anilines is 2. The number of ketones is 1. The van der Waals surface area contributed by atoms with Crippen LogP contribution >= 0.6 is 0 Å². The van der Waals surface area contributed by atoms with E-state index in [0.717, 1.165) is 0 Å². The van der Waals surface area contributed by atoms with Gasteiger partial charge in [-0.2, -0.15) is 0 Å². The molecule has 0 spiro atoms. The second-order valence-corrected chi connectivity index (χ2v) is 8.54. The zero-order valence-electron chi connectivity index (χ0n) is 18.6. The topological polar surface area (TPSA) is 87.0 Å². The number of halogens is 1. The van der Waals surface area contributed by atoms with Gasteiger partial charge in [0.1, 0.15) is 11.5 Å². The summed E-state index contributed by atoms with van der Waals surface area (Å²) in [5.41, 5.74) is 1.48. The highest BCUT2D eigenvalue weighted by Crippen LogP contribution is 2.32. The predicted molar refractivity (Wildman–Crippen MR) is 123 cm³/mol. The number of hydrogen-bond donors (Lipinski definition) is 0. The highest BCUT2D eigenvalue weighted by molar-refractivity contribution is 5.94. The number of amides is 1. The Morgan fingerprint density at radius 3 is 2.18 bits per heavy atom. The van der Waals surface area contributed by atoms with Gasteiger partial charge in [0.2, 0.25) is 5.91 Å². The number of piperazine rings is 1. The largest absolute Gasteiger partial charge is 0.366 e. The Morgan fingerprint density at radius 1 is 0.939 bits per heavy atom. The normalized spacial score (nSPS) is 17.2. The van der Waals surface area contributed by atoms with Crippen molar-refractivity contribution in [3.8, 4) is 0 Å². The number of nitrogens with zero attached hydrogens (tertiary/aromatic N) is 4. The maximum absolute atomic E-state index is 14.5. The minimum absolute atomic E-state index is 0.0852. The third kappa shape index (κ3) is 4.81. The van der Waals surface area contributed by atoms with Crippen molar-refractivity contribution < 1.29 is 18.9 Å². The first-order chi connectivity index (χ1) is 15.8. The van der Waals surface area contributed by atoms with Crippen molar-refractivity contribution in [2.75, 3.05) is 49.1 Å². The molecule has 8 nitrogen and oxygen atoms in total. The summed E-state index contributed by atoms with van der Waals surface area (Å²) in [6.07, 6.45) is 1.29. The second kappa shape index (κ2) is 9.56. The van der Waals surface area contributed by atoms with Gasteiger partial charge >= 0.3 is 0 Å². The van der Waals surface area contributed by atoms with Gasteiger partial charge < -0.3 is 14.7 Å². The Hall–Kier alpha value is -3.49. The van der Waals surface area contributed by atoms with Crippen LogP contribution in [0.5, 0.6) is 0 Å². The van der Waals surface area contributed by atoms with Crippen LogP contribution in [0.15, 0.2) is 42.5 Å². The number of nitro groups is 1. The maximum atomic E-state index is 14.5. The number of nitro benzene ring substituents is 1. The Kier molecular flexibility index (Phi) is 6.57. The number of hydrogen-bond acceptors (Lipinski definition) is 6. The van der Waals surface area contributed by atoms with E-state index < -0.39 is 5.82 Å². The molecule has 0 saturated carbocycles. The molecule has 174 valence electrons. The number of carbonyl (C=O) groups excluding carboxylic acids is 2. The first-order valence-corrected chi connectivity index (χ1v) is 11.2. The van der Waals surface area contributed by atoms with Gasteiger partial charge in [-0.15, -0.1) is 0 Å². The fraction of sp³-hybridized carbons (Fsp3) is 0.417. The molecule has 2 aromatic rings. The van der Waals surface area contributed by atoms with E-state index in [9.17, 15) is 24.1 Å². The van der Waals surface area contributed by atoms with Gasteiger partial charge in [0.25, 0.3) is 5.69 Å². The van der Waals surface area contributed by atoms with Crippen LogP contribution in [0.4, 0.5) is 21.5 Å². The summed E-state index contributed by atoms with van der Waals surface area (Å²) in [7, 11) is 0.